The molecule has 0 aliphatic carbocycles. The second-order valence-electron chi connectivity index (χ2n) is 6.56. The van der Waals surface area contributed by atoms with E-state index in [2.05, 4.69) is 24.2 Å². The van der Waals surface area contributed by atoms with E-state index < -0.39 is 35.9 Å². The van der Waals surface area contributed by atoms with Gasteiger partial charge in [0.1, 0.15) is 21.8 Å². The van der Waals surface area contributed by atoms with Crippen LogP contribution in [0.1, 0.15) is 24.6 Å². The number of carboxylic acids is 1. The molecular formula is C15H11Cl2N7O5S3. The number of allylic oxidation sites excluding steroid dienone is 1. The number of carboxylic acid groups (broad SMARTS) is 1. The SMILES string of the molecule is Nc1nc(C(N=O)C(=O)NC2C(=O)N3C(C(=O)O)=C(Sc4nsnc4Cl)CCC23)c(Cl)s1. The minimum absolute atomic E-state index is 0.0365. The Morgan fingerprint density at radius 1 is 1.38 bits per heavy atom. The summed E-state index contributed by atoms with van der Waals surface area (Å²) >= 11 is 14.7. The summed E-state index contributed by atoms with van der Waals surface area (Å²) < 4.78 is 7.89. The number of nitrogens with one attached hydrogen (secondary N) is 1. The largest absolute Gasteiger partial charge is 0.477 e. The molecular weight excluding hydrogens is 525 g/mol. The smallest absolute Gasteiger partial charge is 0.353 e. The van der Waals surface area contributed by atoms with Gasteiger partial charge in [-0.15, -0.1) is 4.91 Å². The van der Waals surface area contributed by atoms with Crippen molar-refractivity contribution in [2.75, 3.05) is 5.73 Å². The van der Waals surface area contributed by atoms with Crippen LogP contribution in [0.25, 0.3) is 0 Å². The number of nitrogens with two attached hydrogens (primary N) is 1. The molecule has 2 amide bonds. The van der Waals surface area contributed by atoms with E-state index in [1.54, 1.807) is 0 Å². The lowest BCUT2D eigenvalue weighted by atomic mass is 9.86. The first-order chi connectivity index (χ1) is 15.2. The monoisotopic (exact) mass is 535 g/mol. The average molecular weight is 536 g/mol. The Morgan fingerprint density at radius 3 is 2.69 bits per heavy atom. The number of nitrogen functional groups attached to an aromatic ring is 1. The first kappa shape index (κ1) is 22.8. The number of thioether (sulfide) groups is 1. The van der Waals surface area contributed by atoms with Gasteiger partial charge in [-0.05, 0) is 18.0 Å². The Morgan fingerprint density at radius 2 is 2.12 bits per heavy atom. The number of nitroso groups, excluding NO2 is 1. The van der Waals surface area contributed by atoms with Crippen molar-refractivity contribution < 1.29 is 19.5 Å². The predicted molar refractivity (Wildman–Crippen MR) is 117 cm³/mol. The molecule has 1 fully saturated rings. The zero-order valence-electron chi connectivity index (χ0n) is 15.5. The molecule has 32 heavy (non-hydrogen) atoms. The molecule has 2 aromatic heterocycles. The highest BCUT2D eigenvalue weighted by molar-refractivity contribution is 8.03. The Kier molecular flexibility index (Phi) is 6.35. The zero-order valence-corrected chi connectivity index (χ0v) is 19.5. The summed E-state index contributed by atoms with van der Waals surface area (Å²) in [6.07, 6.45) is 0.680. The number of carbonyl (C=O) groups is 3. The number of aliphatic carboxylic acids is 1. The van der Waals surface area contributed by atoms with Crippen LogP contribution in [-0.4, -0.2) is 53.6 Å². The minimum atomic E-state index is -1.60. The van der Waals surface area contributed by atoms with Gasteiger partial charge in [0, 0.05) is 4.91 Å². The van der Waals surface area contributed by atoms with E-state index in [1.807, 2.05) is 0 Å². The van der Waals surface area contributed by atoms with Crippen LogP contribution in [0.5, 0.6) is 0 Å². The van der Waals surface area contributed by atoms with E-state index in [0.29, 0.717) is 22.8 Å². The Bertz CT molecular complexity index is 1170. The third-order valence-electron chi connectivity index (χ3n) is 4.77. The topological polar surface area (TPSA) is 181 Å². The predicted octanol–water partition coefficient (Wildman–Crippen LogP) is 2.27. The van der Waals surface area contributed by atoms with Crippen LogP contribution in [0.3, 0.4) is 0 Å². The number of aromatic nitrogens is 3. The van der Waals surface area contributed by atoms with Gasteiger partial charge < -0.3 is 16.2 Å². The third kappa shape index (κ3) is 3.94. The lowest BCUT2D eigenvalue weighted by molar-refractivity contribution is -0.156. The number of fused-ring (bicyclic) bond motifs is 1. The summed E-state index contributed by atoms with van der Waals surface area (Å²) in [5.74, 6) is -2.81. The first-order valence-electron chi connectivity index (χ1n) is 8.72. The van der Waals surface area contributed by atoms with Gasteiger partial charge in [0.05, 0.1) is 17.8 Å². The fourth-order valence-electron chi connectivity index (χ4n) is 3.43. The molecule has 4 rings (SSSR count). The maximum atomic E-state index is 12.8. The summed E-state index contributed by atoms with van der Waals surface area (Å²) in [5, 5.41) is 15.5. The van der Waals surface area contributed by atoms with Crippen molar-refractivity contribution in [3.05, 3.63) is 30.7 Å². The van der Waals surface area contributed by atoms with Gasteiger partial charge in [-0.2, -0.15) is 8.75 Å². The van der Waals surface area contributed by atoms with Crippen molar-refractivity contribution in [3.63, 3.8) is 0 Å². The number of hydrogen-bond donors (Lipinski definition) is 3. The number of β-lactam (4-membered cyclic amide) rings is 1. The molecule has 0 saturated carbocycles. The highest BCUT2D eigenvalue weighted by Crippen LogP contribution is 2.44. The molecule has 12 nitrogen and oxygen atoms in total. The molecule has 2 aliphatic heterocycles. The summed E-state index contributed by atoms with van der Waals surface area (Å²) in [4.78, 5) is 53.9. The maximum absolute atomic E-state index is 12.8. The van der Waals surface area contributed by atoms with Crippen molar-refractivity contribution in [2.24, 2.45) is 5.18 Å². The summed E-state index contributed by atoms with van der Waals surface area (Å²) in [6.45, 7) is 0. The second-order valence-corrected chi connectivity index (χ2v) is 10.2. The maximum Gasteiger partial charge on any atom is 0.353 e. The fraction of sp³-hybridized carbons (Fsp3) is 0.333. The number of carbonyl (C=O) groups excluding carboxylic acids is 2. The number of anilines is 1. The quantitative estimate of drug-likeness (QED) is 0.351. The molecule has 1 saturated heterocycles. The summed E-state index contributed by atoms with van der Waals surface area (Å²) in [5.41, 5.74) is 5.24. The van der Waals surface area contributed by atoms with Gasteiger partial charge in [-0.3, -0.25) is 14.5 Å². The number of amides is 2. The Hall–Kier alpha value is -2.33. The molecule has 0 aromatic carbocycles. The van der Waals surface area contributed by atoms with Crippen LogP contribution >= 0.6 is 58.0 Å². The number of thiazole rings is 1. The normalized spacial score (nSPS) is 21.1. The summed E-state index contributed by atoms with van der Waals surface area (Å²) in [6, 6.07) is -3.22. The van der Waals surface area contributed by atoms with E-state index in [-0.39, 0.29) is 26.0 Å². The van der Waals surface area contributed by atoms with E-state index in [4.69, 9.17) is 28.9 Å². The van der Waals surface area contributed by atoms with Crippen LogP contribution in [0.4, 0.5) is 5.13 Å². The first-order valence-corrected chi connectivity index (χ1v) is 11.8. The van der Waals surface area contributed by atoms with Gasteiger partial charge in [-0.1, -0.05) is 46.3 Å². The standard InChI is InChI=1S/C15H11Cl2N7O5S3/c16-9-12(23-32-22-9)30-4-2-1-3-5(13(26)24(3)8(4)14(27)28)19-11(25)7(21-29)6-10(17)31-15(18)20-6/h3,5,7H,1-2H2,(H2,18,20)(H,19,25)(H,27,28). The lowest BCUT2D eigenvalue weighted by Gasteiger charge is -2.50. The second kappa shape index (κ2) is 8.90. The van der Waals surface area contributed by atoms with Gasteiger partial charge >= 0.3 is 5.97 Å². The van der Waals surface area contributed by atoms with Crippen LogP contribution in [-0.2, 0) is 14.4 Å². The van der Waals surface area contributed by atoms with E-state index in [1.165, 1.54) is 0 Å². The summed E-state index contributed by atoms with van der Waals surface area (Å²) in [7, 11) is 0. The van der Waals surface area contributed by atoms with Crippen molar-refractivity contribution in [3.8, 4) is 0 Å². The average Bonchev–Trinajstić information content (AvgIpc) is 3.30. The Labute approximate surface area is 201 Å². The highest BCUT2D eigenvalue weighted by atomic mass is 35.5. The number of hydrogen-bond acceptors (Lipinski definition) is 12. The zero-order chi connectivity index (χ0) is 23.2. The Balaban J connectivity index is 1.53. The van der Waals surface area contributed by atoms with Crippen LogP contribution in [0.15, 0.2) is 20.8 Å². The van der Waals surface area contributed by atoms with Crippen LogP contribution in [0.2, 0.25) is 9.49 Å². The van der Waals surface area contributed by atoms with Crippen molar-refractivity contribution in [1.82, 2.24) is 23.9 Å². The van der Waals surface area contributed by atoms with E-state index in [0.717, 1.165) is 39.7 Å². The van der Waals surface area contributed by atoms with Crippen LogP contribution in [0, 0.1) is 4.91 Å². The molecule has 168 valence electrons. The van der Waals surface area contributed by atoms with Gasteiger partial charge in [-0.25, -0.2) is 9.78 Å². The van der Waals surface area contributed by atoms with E-state index >= 15 is 0 Å². The minimum Gasteiger partial charge on any atom is -0.477 e. The molecule has 17 heteroatoms. The molecule has 0 bridgehead atoms. The highest BCUT2D eigenvalue weighted by Gasteiger charge is 2.54. The molecule has 2 aromatic rings. The van der Waals surface area contributed by atoms with Crippen molar-refractivity contribution >= 4 is 80.9 Å². The van der Waals surface area contributed by atoms with Gasteiger partial charge in [0.2, 0.25) is 6.04 Å². The molecule has 4 heterocycles. The van der Waals surface area contributed by atoms with Gasteiger partial charge in [0.15, 0.2) is 15.3 Å². The van der Waals surface area contributed by atoms with Crippen molar-refractivity contribution in [1.29, 1.82) is 0 Å². The third-order valence-corrected chi connectivity index (χ3v) is 8.13. The molecule has 4 N–H and O–H groups in total. The number of rotatable bonds is 7. The molecule has 0 radical (unpaired) electrons. The van der Waals surface area contributed by atoms with Crippen molar-refractivity contribution in [2.45, 2.75) is 36.0 Å². The molecule has 0 spiro atoms. The van der Waals surface area contributed by atoms with Gasteiger partial charge in [0.25, 0.3) is 11.8 Å². The van der Waals surface area contributed by atoms with Crippen LogP contribution < -0.4 is 11.1 Å². The molecule has 2 aliphatic rings. The lowest BCUT2D eigenvalue weighted by Crippen LogP contribution is -2.71. The number of nitrogens with zero attached hydrogens (tertiary/aromatic N) is 5. The number of halogens is 2. The fourth-order valence-corrected chi connectivity index (χ4v) is 6.23. The molecule has 3 atom stereocenters. The van der Waals surface area contributed by atoms with E-state index in [9.17, 15) is 24.4 Å². The molecule has 3 unspecified atom stereocenters.